The summed E-state index contributed by atoms with van der Waals surface area (Å²) in [7, 11) is 0. The van der Waals surface area contributed by atoms with E-state index in [1.807, 2.05) is 13.8 Å². The van der Waals surface area contributed by atoms with Crippen LogP contribution in [0, 0.1) is 5.92 Å². The maximum Gasteiger partial charge on any atom is 0.303 e. The van der Waals surface area contributed by atoms with Gasteiger partial charge in [-0.3, -0.25) is 14.4 Å². The molecule has 0 saturated carbocycles. The molecular formula is C14H24N2O5. The molecule has 1 heterocycles. The topological polar surface area (TPSA) is 95.9 Å². The fourth-order valence-electron chi connectivity index (χ4n) is 2.29. The fourth-order valence-corrected chi connectivity index (χ4v) is 2.29. The third-order valence-corrected chi connectivity index (χ3v) is 3.23. The predicted molar refractivity (Wildman–Crippen MR) is 75.6 cm³/mol. The van der Waals surface area contributed by atoms with Gasteiger partial charge in [-0.25, -0.2) is 0 Å². The average molecular weight is 300 g/mol. The molecule has 0 aromatic heterocycles. The first kappa shape index (κ1) is 17.4. The quantitative estimate of drug-likeness (QED) is 0.732. The van der Waals surface area contributed by atoms with E-state index < -0.39 is 12.0 Å². The van der Waals surface area contributed by atoms with Gasteiger partial charge in [-0.15, -0.1) is 0 Å². The smallest absolute Gasteiger partial charge is 0.303 e. The maximum atomic E-state index is 12.3. The first-order valence-corrected chi connectivity index (χ1v) is 7.20. The number of nitrogens with one attached hydrogen (secondary N) is 1. The summed E-state index contributed by atoms with van der Waals surface area (Å²) in [6.07, 6.45) is 0.0662. The molecule has 1 aliphatic heterocycles. The van der Waals surface area contributed by atoms with Crippen molar-refractivity contribution in [2.45, 2.75) is 45.7 Å². The molecule has 2 unspecified atom stereocenters. The Kier molecular flexibility index (Phi) is 6.61. The zero-order valence-corrected chi connectivity index (χ0v) is 12.8. The van der Waals surface area contributed by atoms with Gasteiger partial charge in [0, 0.05) is 25.4 Å². The Morgan fingerprint density at radius 3 is 2.52 bits per heavy atom. The van der Waals surface area contributed by atoms with E-state index in [9.17, 15) is 14.4 Å². The molecule has 1 fully saturated rings. The van der Waals surface area contributed by atoms with Crippen LogP contribution in [-0.4, -0.2) is 59.6 Å². The molecule has 1 rings (SSSR count). The van der Waals surface area contributed by atoms with Crippen molar-refractivity contribution in [1.29, 1.82) is 0 Å². The van der Waals surface area contributed by atoms with Gasteiger partial charge in [0.05, 0.1) is 13.2 Å². The lowest BCUT2D eigenvalue weighted by atomic mass is 10.0. The summed E-state index contributed by atoms with van der Waals surface area (Å²) in [4.78, 5) is 36.5. The molecule has 21 heavy (non-hydrogen) atoms. The number of ether oxygens (including phenoxy) is 1. The van der Waals surface area contributed by atoms with Crippen LogP contribution in [0.3, 0.4) is 0 Å². The van der Waals surface area contributed by atoms with Gasteiger partial charge in [0.15, 0.2) is 0 Å². The SMILES string of the molecule is CC(CC(=O)O)CC(=O)N1CCOCC1C(=O)NC(C)C. The number of nitrogens with zero attached hydrogens (tertiary/aromatic N) is 1. The molecule has 7 nitrogen and oxygen atoms in total. The number of hydrogen-bond acceptors (Lipinski definition) is 4. The van der Waals surface area contributed by atoms with Gasteiger partial charge in [0.25, 0.3) is 0 Å². The van der Waals surface area contributed by atoms with Crippen LogP contribution in [0.1, 0.15) is 33.6 Å². The van der Waals surface area contributed by atoms with Crippen molar-refractivity contribution in [3.05, 3.63) is 0 Å². The summed E-state index contributed by atoms with van der Waals surface area (Å²) in [5.41, 5.74) is 0. The number of carboxylic acid groups (broad SMARTS) is 1. The highest BCUT2D eigenvalue weighted by Crippen LogP contribution is 2.15. The second kappa shape index (κ2) is 7.97. The normalized spacial score (nSPS) is 20.2. The van der Waals surface area contributed by atoms with Crippen LogP contribution in [0.25, 0.3) is 0 Å². The van der Waals surface area contributed by atoms with Crippen molar-refractivity contribution in [1.82, 2.24) is 10.2 Å². The lowest BCUT2D eigenvalue weighted by Crippen LogP contribution is -2.56. The van der Waals surface area contributed by atoms with E-state index in [-0.39, 0.29) is 43.2 Å². The molecule has 2 amide bonds. The Hall–Kier alpha value is -1.63. The van der Waals surface area contributed by atoms with Crippen molar-refractivity contribution in [2.75, 3.05) is 19.8 Å². The summed E-state index contributed by atoms with van der Waals surface area (Å²) in [6.45, 7) is 6.35. The van der Waals surface area contributed by atoms with Crippen LogP contribution in [0.4, 0.5) is 0 Å². The number of carbonyl (C=O) groups is 3. The molecule has 0 bridgehead atoms. The van der Waals surface area contributed by atoms with E-state index in [2.05, 4.69) is 5.32 Å². The van der Waals surface area contributed by atoms with Crippen molar-refractivity contribution >= 4 is 17.8 Å². The molecule has 0 spiro atoms. The summed E-state index contributed by atoms with van der Waals surface area (Å²) in [5, 5.41) is 11.5. The van der Waals surface area contributed by atoms with Crippen LogP contribution in [0.5, 0.6) is 0 Å². The summed E-state index contributed by atoms with van der Waals surface area (Å²) >= 11 is 0. The second-order valence-corrected chi connectivity index (χ2v) is 5.75. The predicted octanol–water partition coefficient (Wildman–Crippen LogP) is 0.239. The van der Waals surface area contributed by atoms with E-state index in [1.54, 1.807) is 6.92 Å². The molecule has 1 aliphatic rings. The number of morpholine rings is 1. The van der Waals surface area contributed by atoms with Crippen LogP contribution >= 0.6 is 0 Å². The summed E-state index contributed by atoms with van der Waals surface area (Å²) in [6, 6.07) is -0.645. The van der Waals surface area contributed by atoms with Crippen LogP contribution in [0.15, 0.2) is 0 Å². The van der Waals surface area contributed by atoms with E-state index in [1.165, 1.54) is 4.90 Å². The summed E-state index contributed by atoms with van der Waals surface area (Å²) in [5.74, 6) is -1.61. The third kappa shape index (κ3) is 5.71. The Labute approximate surface area is 124 Å². The van der Waals surface area contributed by atoms with Gasteiger partial charge in [-0.1, -0.05) is 6.92 Å². The van der Waals surface area contributed by atoms with Gasteiger partial charge in [0.1, 0.15) is 6.04 Å². The standard InChI is InChI=1S/C14H24N2O5/c1-9(2)15-14(20)11-8-21-5-4-16(11)12(17)6-10(3)7-13(18)19/h9-11H,4-8H2,1-3H3,(H,15,20)(H,18,19). The Morgan fingerprint density at radius 1 is 1.29 bits per heavy atom. The Balaban J connectivity index is 2.65. The van der Waals surface area contributed by atoms with Crippen LogP contribution in [0.2, 0.25) is 0 Å². The van der Waals surface area contributed by atoms with Crippen molar-refractivity contribution in [3.63, 3.8) is 0 Å². The lowest BCUT2D eigenvalue weighted by molar-refractivity contribution is -0.149. The fraction of sp³-hybridized carbons (Fsp3) is 0.786. The molecular weight excluding hydrogens is 276 g/mol. The minimum absolute atomic E-state index is 0.0117. The van der Waals surface area contributed by atoms with Gasteiger partial charge >= 0.3 is 5.97 Å². The van der Waals surface area contributed by atoms with E-state index in [0.717, 1.165) is 0 Å². The molecule has 2 atom stereocenters. The van der Waals surface area contributed by atoms with Crippen molar-refractivity contribution < 1.29 is 24.2 Å². The molecule has 0 radical (unpaired) electrons. The molecule has 7 heteroatoms. The minimum atomic E-state index is -0.925. The van der Waals surface area contributed by atoms with E-state index in [0.29, 0.717) is 13.2 Å². The highest BCUT2D eigenvalue weighted by molar-refractivity contribution is 5.88. The first-order valence-electron chi connectivity index (χ1n) is 7.20. The van der Waals surface area contributed by atoms with Crippen molar-refractivity contribution in [3.8, 4) is 0 Å². The molecule has 0 aromatic rings. The molecule has 2 N–H and O–H groups in total. The second-order valence-electron chi connectivity index (χ2n) is 5.75. The highest BCUT2D eigenvalue weighted by Gasteiger charge is 2.33. The minimum Gasteiger partial charge on any atom is -0.481 e. The Morgan fingerprint density at radius 2 is 1.95 bits per heavy atom. The number of hydrogen-bond donors (Lipinski definition) is 2. The van der Waals surface area contributed by atoms with Gasteiger partial charge < -0.3 is 20.1 Å². The number of amides is 2. The summed E-state index contributed by atoms with van der Waals surface area (Å²) < 4.78 is 5.29. The van der Waals surface area contributed by atoms with Crippen molar-refractivity contribution in [2.24, 2.45) is 5.92 Å². The van der Waals surface area contributed by atoms with Gasteiger partial charge in [0.2, 0.25) is 11.8 Å². The van der Waals surface area contributed by atoms with Gasteiger partial charge in [-0.2, -0.15) is 0 Å². The number of aliphatic carboxylic acids is 1. The monoisotopic (exact) mass is 300 g/mol. The highest BCUT2D eigenvalue weighted by atomic mass is 16.5. The Bertz CT molecular complexity index is 397. The zero-order valence-electron chi connectivity index (χ0n) is 12.8. The number of rotatable bonds is 6. The zero-order chi connectivity index (χ0) is 16.0. The van der Waals surface area contributed by atoms with E-state index in [4.69, 9.17) is 9.84 Å². The molecule has 120 valence electrons. The average Bonchev–Trinajstić information content (AvgIpc) is 2.36. The van der Waals surface area contributed by atoms with E-state index >= 15 is 0 Å². The third-order valence-electron chi connectivity index (χ3n) is 3.23. The van der Waals surface area contributed by atoms with Crippen LogP contribution in [-0.2, 0) is 19.1 Å². The molecule has 1 saturated heterocycles. The number of carboxylic acids is 1. The van der Waals surface area contributed by atoms with Gasteiger partial charge in [-0.05, 0) is 19.8 Å². The largest absolute Gasteiger partial charge is 0.481 e. The lowest BCUT2D eigenvalue weighted by Gasteiger charge is -2.35. The molecule has 0 aliphatic carbocycles. The number of carbonyl (C=O) groups excluding carboxylic acids is 2. The maximum absolute atomic E-state index is 12.3. The molecule has 0 aromatic carbocycles. The first-order chi connectivity index (χ1) is 9.81. The van der Waals surface area contributed by atoms with Crippen LogP contribution < -0.4 is 5.32 Å².